The zero-order valence-corrected chi connectivity index (χ0v) is 9.28. The van der Waals surface area contributed by atoms with Gasteiger partial charge in [0.15, 0.2) is 0 Å². The molecule has 5 heteroatoms. The lowest BCUT2D eigenvalue weighted by Crippen LogP contribution is -2.08. The van der Waals surface area contributed by atoms with E-state index in [0.29, 0.717) is 0 Å². The molecule has 1 N–H and O–H groups in total. The van der Waals surface area contributed by atoms with E-state index >= 15 is 0 Å². The zero-order chi connectivity index (χ0) is 11.3. The van der Waals surface area contributed by atoms with E-state index in [-0.39, 0.29) is 13.0 Å². The maximum atomic E-state index is 10.6. The molecule has 1 atom stereocenters. The Kier molecular flexibility index (Phi) is 4.26. The van der Waals surface area contributed by atoms with E-state index in [9.17, 15) is 13.5 Å². The minimum Gasteiger partial charge on any atom is -0.388 e. The molecule has 0 aliphatic heterocycles. The summed E-state index contributed by atoms with van der Waals surface area (Å²) in [7, 11) is -3.41. The second-order valence-corrected chi connectivity index (χ2v) is 4.89. The SMILES string of the molecule is CS(=O)(=O)OCCC(O)c1ccccc1. The Hall–Kier alpha value is -0.910. The Balaban J connectivity index is 2.41. The zero-order valence-electron chi connectivity index (χ0n) is 8.46. The normalized spacial score (nSPS) is 13.7. The van der Waals surface area contributed by atoms with Gasteiger partial charge in [-0.25, -0.2) is 0 Å². The van der Waals surface area contributed by atoms with Crippen molar-refractivity contribution in [3.63, 3.8) is 0 Å². The molecule has 0 spiro atoms. The molecule has 0 heterocycles. The van der Waals surface area contributed by atoms with E-state index < -0.39 is 16.2 Å². The molecule has 1 rings (SSSR count). The maximum Gasteiger partial charge on any atom is 0.264 e. The first-order valence-corrected chi connectivity index (χ1v) is 6.38. The van der Waals surface area contributed by atoms with Crippen molar-refractivity contribution < 1.29 is 17.7 Å². The van der Waals surface area contributed by atoms with Crippen LogP contribution in [0.4, 0.5) is 0 Å². The molecular formula is C10H14O4S. The van der Waals surface area contributed by atoms with Gasteiger partial charge in [-0.15, -0.1) is 0 Å². The molecule has 0 saturated heterocycles. The van der Waals surface area contributed by atoms with Crippen LogP contribution in [0.2, 0.25) is 0 Å². The predicted molar refractivity (Wildman–Crippen MR) is 56.8 cm³/mol. The van der Waals surface area contributed by atoms with Crippen LogP contribution in [0.3, 0.4) is 0 Å². The van der Waals surface area contributed by atoms with Crippen LogP contribution in [-0.4, -0.2) is 26.4 Å². The first kappa shape index (κ1) is 12.2. The Morgan fingerprint density at radius 2 is 1.93 bits per heavy atom. The van der Waals surface area contributed by atoms with Gasteiger partial charge in [0.25, 0.3) is 10.1 Å². The number of aliphatic hydroxyl groups excluding tert-OH is 1. The van der Waals surface area contributed by atoms with Crippen LogP contribution in [0.5, 0.6) is 0 Å². The van der Waals surface area contributed by atoms with Gasteiger partial charge < -0.3 is 5.11 Å². The second kappa shape index (κ2) is 5.25. The largest absolute Gasteiger partial charge is 0.388 e. The lowest BCUT2D eigenvalue weighted by atomic mass is 10.1. The summed E-state index contributed by atoms with van der Waals surface area (Å²) in [5, 5.41) is 9.64. The first-order valence-electron chi connectivity index (χ1n) is 4.56. The summed E-state index contributed by atoms with van der Waals surface area (Å²) in [6.45, 7) is -0.00507. The van der Waals surface area contributed by atoms with Crippen LogP contribution in [-0.2, 0) is 14.3 Å². The van der Waals surface area contributed by atoms with Crippen LogP contribution in [0, 0.1) is 0 Å². The highest BCUT2D eigenvalue weighted by Gasteiger charge is 2.08. The number of hydrogen-bond acceptors (Lipinski definition) is 4. The van der Waals surface area contributed by atoms with Crippen LogP contribution < -0.4 is 0 Å². The molecular weight excluding hydrogens is 216 g/mol. The van der Waals surface area contributed by atoms with E-state index in [2.05, 4.69) is 4.18 Å². The monoisotopic (exact) mass is 230 g/mol. The van der Waals surface area contributed by atoms with E-state index in [1.165, 1.54) is 0 Å². The third kappa shape index (κ3) is 4.92. The van der Waals surface area contributed by atoms with Crippen molar-refractivity contribution in [1.82, 2.24) is 0 Å². The average molecular weight is 230 g/mol. The molecule has 0 fully saturated rings. The van der Waals surface area contributed by atoms with Crippen molar-refractivity contribution in [1.29, 1.82) is 0 Å². The molecule has 0 aliphatic rings. The Morgan fingerprint density at radius 1 is 1.33 bits per heavy atom. The van der Waals surface area contributed by atoms with Crippen LogP contribution in [0.1, 0.15) is 18.1 Å². The minimum atomic E-state index is -3.41. The second-order valence-electron chi connectivity index (χ2n) is 3.24. The molecule has 0 radical (unpaired) electrons. The Morgan fingerprint density at radius 3 is 2.47 bits per heavy atom. The standard InChI is InChI=1S/C10H14O4S/c1-15(12,13)14-8-7-10(11)9-5-3-2-4-6-9/h2-6,10-11H,7-8H2,1H3. The number of rotatable bonds is 5. The van der Waals surface area contributed by atoms with Crippen molar-refractivity contribution in [2.24, 2.45) is 0 Å². The van der Waals surface area contributed by atoms with Crippen LogP contribution >= 0.6 is 0 Å². The van der Waals surface area contributed by atoms with Gasteiger partial charge in [-0.3, -0.25) is 4.18 Å². The quantitative estimate of drug-likeness (QED) is 0.769. The Labute approximate surface area is 89.6 Å². The molecule has 1 aromatic rings. The molecule has 0 aromatic heterocycles. The smallest absolute Gasteiger partial charge is 0.264 e. The van der Waals surface area contributed by atoms with E-state index in [4.69, 9.17) is 0 Å². The fourth-order valence-electron chi connectivity index (χ4n) is 1.15. The Bertz CT molecular complexity index is 385. The van der Waals surface area contributed by atoms with Gasteiger partial charge in [0.1, 0.15) is 0 Å². The fourth-order valence-corrected chi connectivity index (χ4v) is 1.55. The van der Waals surface area contributed by atoms with Gasteiger partial charge >= 0.3 is 0 Å². The van der Waals surface area contributed by atoms with E-state index in [1.54, 1.807) is 12.1 Å². The van der Waals surface area contributed by atoms with Gasteiger partial charge in [-0.05, 0) is 5.56 Å². The summed E-state index contributed by atoms with van der Waals surface area (Å²) in [6.07, 6.45) is 0.562. The topological polar surface area (TPSA) is 63.6 Å². The van der Waals surface area contributed by atoms with Crippen molar-refractivity contribution in [2.45, 2.75) is 12.5 Å². The molecule has 1 unspecified atom stereocenters. The van der Waals surface area contributed by atoms with E-state index in [0.717, 1.165) is 11.8 Å². The predicted octanol–water partition coefficient (Wildman–Crippen LogP) is 1.09. The molecule has 15 heavy (non-hydrogen) atoms. The summed E-state index contributed by atoms with van der Waals surface area (Å²) >= 11 is 0. The summed E-state index contributed by atoms with van der Waals surface area (Å²) < 4.78 is 25.8. The van der Waals surface area contributed by atoms with Crippen molar-refractivity contribution in [2.75, 3.05) is 12.9 Å². The van der Waals surface area contributed by atoms with Crippen molar-refractivity contribution in [3.05, 3.63) is 35.9 Å². The third-order valence-corrected chi connectivity index (χ3v) is 2.47. The maximum absolute atomic E-state index is 10.6. The summed E-state index contributed by atoms with van der Waals surface area (Å²) in [6, 6.07) is 9.05. The molecule has 0 amide bonds. The summed E-state index contributed by atoms with van der Waals surface area (Å²) in [4.78, 5) is 0. The lowest BCUT2D eigenvalue weighted by Gasteiger charge is -2.09. The molecule has 0 aliphatic carbocycles. The number of hydrogen-bond donors (Lipinski definition) is 1. The van der Waals surface area contributed by atoms with Crippen molar-refractivity contribution >= 4 is 10.1 Å². The van der Waals surface area contributed by atoms with E-state index in [1.807, 2.05) is 18.2 Å². The van der Waals surface area contributed by atoms with Gasteiger partial charge in [-0.1, -0.05) is 30.3 Å². The fraction of sp³-hybridized carbons (Fsp3) is 0.400. The average Bonchev–Trinajstić information content (AvgIpc) is 2.17. The number of aliphatic hydroxyl groups is 1. The van der Waals surface area contributed by atoms with Gasteiger partial charge in [0.05, 0.1) is 19.0 Å². The number of benzene rings is 1. The van der Waals surface area contributed by atoms with Gasteiger partial charge in [0, 0.05) is 6.42 Å². The molecule has 0 saturated carbocycles. The van der Waals surface area contributed by atoms with Crippen LogP contribution in [0.25, 0.3) is 0 Å². The molecule has 0 bridgehead atoms. The first-order chi connectivity index (χ1) is 6.99. The molecule has 1 aromatic carbocycles. The summed E-state index contributed by atoms with van der Waals surface area (Å²) in [5.74, 6) is 0. The minimum absolute atomic E-state index is 0.00507. The van der Waals surface area contributed by atoms with Crippen molar-refractivity contribution in [3.8, 4) is 0 Å². The highest BCUT2D eigenvalue weighted by Crippen LogP contribution is 2.15. The molecule has 84 valence electrons. The van der Waals surface area contributed by atoms with Crippen LogP contribution in [0.15, 0.2) is 30.3 Å². The highest BCUT2D eigenvalue weighted by atomic mass is 32.2. The van der Waals surface area contributed by atoms with Gasteiger partial charge in [-0.2, -0.15) is 8.42 Å². The molecule has 4 nitrogen and oxygen atoms in total. The summed E-state index contributed by atoms with van der Waals surface area (Å²) in [5.41, 5.74) is 0.759. The highest BCUT2D eigenvalue weighted by molar-refractivity contribution is 7.85. The lowest BCUT2D eigenvalue weighted by molar-refractivity contribution is 0.143. The third-order valence-electron chi connectivity index (χ3n) is 1.87. The van der Waals surface area contributed by atoms with Gasteiger partial charge in [0.2, 0.25) is 0 Å².